The summed E-state index contributed by atoms with van der Waals surface area (Å²) in [7, 11) is 0. The molecule has 1 nitrogen and oxygen atoms in total. The molecule has 1 N–H and O–H groups in total. The maximum atomic E-state index is 13.6. The van der Waals surface area contributed by atoms with E-state index in [1.54, 1.807) is 13.8 Å². The molecular formula is C12H14F4O. The zero-order chi connectivity index (χ0) is 13.3. The number of alkyl halides is 3. The van der Waals surface area contributed by atoms with Gasteiger partial charge in [-0.2, -0.15) is 13.2 Å². The molecule has 0 aromatic heterocycles. The van der Waals surface area contributed by atoms with E-state index >= 15 is 0 Å². The molecule has 0 amide bonds. The summed E-state index contributed by atoms with van der Waals surface area (Å²) >= 11 is 0. The van der Waals surface area contributed by atoms with Gasteiger partial charge in [0.25, 0.3) is 0 Å². The first-order chi connectivity index (χ1) is 7.67. The zero-order valence-electron chi connectivity index (χ0n) is 9.61. The van der Waals surface area contributed by atoms with Crippen LogP contribution in [0.2, 0.25) is 0 Å². The molecule has 0 atom stereocenters. The van der Waals surface area contributed by atoms with Crippen molar-refractivity contribution in [3.8, 4) is 0 Å². The third kappa shape index (κ3) is 3.43. The Morgan fingerprint density at radius 3 is 2.24 bits per heavy atom. The highest BCUT2D eigenvalue weighted by Gasteiger charge is 2.35. The van der Waals surface area contributed by atoms with Crippen molar-refractivity contribution in [3.63, 3.8) is 0 Å². The van der Waals surface area contributed by atoms with Crippen molar-refractivity contribution in [1.29, 1.82) is 0 Å². The molecule has 17 heavy (non-hydrogen) atoms. The summed E-state index contributed by atoms with van der Waals surface area (Å²) in [6, 6.07) is 3.20. The van der Waals surface area contributed by atoms with Crippen LogP contribution in [0.25, 0.3) is 0 Å². The quantitative estimate of drug-likeness (QED) is 0.815. The molecule has 0 aliphatic carbocycles. The molecule has 5 heteroatoms. The number of aliphatic hydroxyl groups is 1. The molecule has 0 aliphatic heterocycles. The average molecular weight is 250 g/mol. The van der Waals surface area contributed by atoms with Crippen LogP contribution in [0.5, 0.6) is 0 Å². The summed E-state index contributed by atoms with van der Waals surface area (Å²) in [6.07, 6.45) is -4.64. The second-order valence-electron chi connectivity index (χ2n) is 4.78. The minimum atomic E-state index is -4.69. The Hall–Kier alpha value is -1.10. The number of halogens is 4. The zero-order valence-corrected chi connectivity index (χ0v) is 9.61. The lowest BCUT2D eigenvalue weighted by atomic mass is 9.86. The molecule has 1 aromatic rings. The van der Waals surface area contributed by atoms with E-state index in [2.05, 4.69) is 0 Å². The Labute approximate surface area is 97.1 Å². The standard InChI is InChI=1S/C12H14F4O/c1-11(2,7-17)6-8-4-3-5-9(10(8)13)12(14,15)16/h3-5,17H,6-7H2,1-2H3. The minimum Gasteiger partial charge on any atom is -0.396 e. The van der Waals surface area contributed by atoms with E-state index in [1.165, 1.54) is 12.1 Å². The van der Waals surface area contributed by atoms with Gasteiger partial charge >= 0.3 is 6.18 Å². The SMILES string of the molecule is CC(C)(CO)Cc1cccc(C(F)(F)F)c1F. The summed E-state index contributed by atoms with van der Waals surface area (Å²) in [5, 5.41) is 9.03. The van der Waals surface area contributed by atoms with Crippen LogP contribution < -0.4 is 0 Å². The van der Waals surface area contributed by atoms with Crippen molar-refractivity contribution >= 4 is 0 Å². The molecule has 0 bridgehead atoms. The number of hydrogen-bond acceptors (Lipinski definition) is 1. The van der Waals surface area contributed by atoms with Gasteiger partial charge in [0, 0.05) is 6.61 Å². The van der Waals surface area contributed by atoms with Gasteiger partial charge in [0.1, 0.15) is 5.82 Å². The number of benzene rings is 1. The molecule has 0 radical (unpaired) electrons. The largest absolute Gasteiger partial charge is 0.419 e. The number of hydrogen-bond donors (Lipinski definition) is 1. The van der Waals surface area contributed by atoms with Gasteiger partial charge in [0.2, 0.25) is 0 Å². The van der Waals surface area contributed by atoms with Crippen molar-refractivity contribution in [2.24, 2.45) is 5.41 Å². The number of rotatable bonds is 3. The highest BCUT2D eigenvalue weighted by molar-refractivity contribution is 5.28. The average Bonchev–Trinajstić information content (AvgIpc) is 2.19. The first-order valence-electron chi connectivity index (χ1n) is 5.13. The smallest absolute Gasteiger partial charge is 0.396 e. The first kappa shape index (κ1) is 14.0. The van der Waals surface area contributed by atoms with Crippen LogP contribution in [-0.2, 0) is 12.6 Å². The van der Waals surface area contributed by atoms with Crippen molar-refractivity contribution in [1.82, 2.24) is 0 Å². The highest BCUT2D eigenvalue weighted by Crippen LogP contribution is 2.34. The second kappa shape index (κ2) is 4.64. The molecule has 0 saturated carbocycles. The highest BCUT2D eigenvalue weighted by atomic mass is 19.4. The first-order valence-corrected chi connectivity index (χ1v) is 5.13. The molecule has 1 aromatic carbocycles. The molecule has 0 fully saturated rings. The van der Waals surface area contributed by atoms with Crippen LogP contribution in [0.15, 0.2) is 18.2 Å². The van der Waals surface area contributed by atoms with Gasteiger partial charge in [-0.25, -0.2) is 4.39 Å². The van der Waals surface area contributed by atoms with Crippen molar-refractivity contribution < 1.29 is 22.7 Å². The third-order valence-corrected chi connectivity index (χ3v) is 2.48. The number of aliphatic hydroxyl groups excluding tert-OH is 1. The van der Waals surface area contributed by atoms with Crippen molar-refractivity contribution in [3.05, 3.63) is 35.1 Å². The molecule has 0 saturated heterocycles. The van der Waals surface area contributed by atoms with Crippen LogP contribution in [0.1, 0.15) is 25.0 Å². The Kier molecular flexibility index (Phi) is 3.81. The third-order valence-electron chi connectivity index (χ3n) is 2.48. The van der Waals surface area contributed by atoms with Crippen LogP contribution in [0, 0.1) is 11.2 Å². The van der Waals surface area contributed by atoms with Gasteiger partial charge in [-0.05, 0) is 23.5 Å². The molecule has 1 rings (SSSR count). The fourth-order valence-electron chi connectivity index (χ4n) is 1.51. The Morgan fingerprint density at radius 2 is 1.76 bits per heavy atom. The van der Waals surface area contributed by atoms with Gasteiger partial charge < -0.3 is 5.11 Å². The molecule has 0 unspecified atom stereocenters. The predicted octanol–water partition coefficient (Wildman–Crippen LogP) is 3.41. The Balaban J connectivity index is 3.12. The van der Waals surface area contributed by atoms with Gasteiger partial charge in [0.15, 0.2) is 0 Å². The molecule has 0 aliphatic rings. The lowest BCUT2D eigenvalue weighted by molar-refractivity contribution is -0.140. The maximum Gasteiger partial charge on any atom is 0.419 e. The van der Waals surface area contributed by atoms with E-state index in [0.717, 1.165) is 0 Å². The van der Waals surface area contributed by atoms with E-state index in [0.29, 0.717) is 6.07 Å². The van der Waals surface area contributed by atoms with Crippen molar-refractivity contribution in [2.45, 2.75) is 26.4 Å². The fraction of sp³-hybridized carbons (Fsp3) is 0.500. The van der Waals surface area contributed by atoms with Gasteiger partial charge in [-0.1, -0.05) is 26.0 Å². The molecule has 0 heterocycles. The van der Waals surface area contributed by atoms with E-state index in [9.17, 15) is 17.6 Å². The summed E-state index contributed by atoms with van der Waals surface area (Å²) in [5.41, 5.74) is -1.94. The van der Waals surface area contributed by atoms with Crippen molar-refractivity contribution in [2.75, 3.05) is 6.61 Å². The Bertz CT molecular complexity index is 396. The van der Waals surface area contributed by atoms with Gasteiger partial charge in [0.05, 0.1) is 5.56 Å². The van der Waals surface area contributed by atoms with Gasteiger partial charge in [-0.3, -0.25) is 0 Å². The van der Waals surface area contributed by atoms with E-state index in [1.807, 2.05) is 0 Å². The van der Waals surface area contributed by atoms with Gasteiger partial charge in [-0.15, -0.1) is 0 Å². The molecule has 0 spiro atoms. The summed E-state index contributed by atoms with van der Waals surface area (Å²) < 4.78 is 51.0. The van der Waals surface area contributed by atoms with Crippen LogP contribution in [-0.4, -0.2) is 11.7 Å². The maximum absolute atomic E-state index is 13.6. The Morgan fingerprint density at radius 1 is 1.18 bits per heavy atom. The van der Waals surface area contributed by atoms with E-state index in [4.69, 9.17) is 5.11 Å². The molecule has 96 valence electrons. The topological polar surface area (TPSA) is 20.2 Å². The summed E-state index contributed by atoms with van der Waals surface area (Å²) in [6.45, 7) is 3.10. The predicted molar refractivity (Wildman–Crippen MR) is 56.0 cm³/mol. The second-order valence-corrected chi connectivity index (χ2v) is 4.78. The normalized spacial score (nSPS) is 12.9. The van der Waals surface area contributed by atoms with E-state index in [-0.39, 0.29) is 18.6 Å². The summed E-state index contributed by atoms with van der Waals surface area (Å²) in [4.78, 5) is 0. The van der Waals surface area contributed by atoms with Crippen LogP contribution >= 0.6 is 0 Å². The minimum absolute atomic E-state index is 0.0288. The van der Waals surface area contributed by atoms with E-state index < -0.39 is 23.0 Å². The van der Waals surface area contributed by atoms with Crippen LogP contribution in [0.4, 0.5) is 17.6 Å². The monoisotopic (exact) mass is 250 g/mol. The summed E-state index contributed by atoms with van der Waals surface area (Å²) in [5.74, 6) is -1.25. The van der Waals surface area contributed by atoms with Crippen LogP contribution in [0.3, 0.4) is 0 Å². The lowest BCUT2D eigenvalue weighted by Crippen LogP contribution is -2.21. The molecular weight excluding hydrogens is 236 g/mol. The lowest BCUT2D eigenvalue weighted by Gasteiger charge is -2.22. The fourth-order valence-corrected chi connectivity index (χ4v) is 1.51.